The second-order valence-electron chi connectivity index (χ2n) is 12.3. The van der Waals surface area contributed by atoms with Crippen LogP contribution in [0.3, 0.4) is 0 Å². The first-order valence-corrected chi connectivity index (χ1v) is 14.3. The van der Waals surface area contributed by atoms with Crippen molar-refractivity contribution < 1.29 is 33.8 Å². The van der Waals surface area contributed by atoms with Crippen LogP contribution in [0.5, 0.6) is 0 Å². The Hall–Kier alpha value is -4.33. The van der Waals surface area contributed by atoms with E-state index in [1.54, 1.807) is 20.8 Å². The number of hydrogen-bond acceptors (Lipinski definition) is 9. The highest BCUT2D eigenvalue weighted by atomic mass is 16.6. The fourth-order valence-corrected chi connectivity index (χ4v) is 5.60. The smallest absolute Gasteiger partial charge is 0.408 e. The van der Waals surface area contributed by atoms with Gasteiger partial charge in [-0.2, -0.15) is 4.80 Å². The number of carboxylic acid groups (broad SMARTS) is 1. The van der Waals surface area contributed by atoms with Crippen molar-refractivity contribution in [2.75, 3.05) is 19.8 Å². The Morgan fingerprint density at radius 1 is 1.23 bits per heavy atom. The number of aromatic nitrogens is 4. The number of nitrogens with zero attached hydrogens (tertiary/aromatic N) is 5. The average Bonchev–Trinajstić information content (AvgIpc) is 3.43. The Morgan fingerprint density at radius 2 is 1.98 bits per heavy atom. The molecule has 1 aliphatic carbocycles. The molecule has 3 aliphatic rings. The SMILES string of the molecule is C=CC1CC1(NC(=O)C1CC(n2nnc(-c3ccccc3)n2)CN1C(=O)C(NC(=O)OC1CCOC1)C(C)(C)C)C(=O)O. The van der Waals surface area contributed by atoms with Crippen LogP contribution in [0.15, 0.2) is 43.0 Å². The quantitative estimate of drug-likeness (QED) is 0.360. The van der Waals surface area contributed by atoms with E-state index in [0.717, 1.165) is 5.56 Å². The fourth-order valence-electron chi connectivity index (χ4n) is 5.60. The van der Waals surface area contributed by atoms with Crippen molar-refractivity contribution in [3.05, 3.63) is 43.0 Å². The van der Waals surface area contributed by atoms with Gasteiger partial charge in [-0.1, -0.05) is 57.2 Å². The number of carbonyl (C=O) groups excluding carboxylic acids is 3. The number of ether oxygens (including phenoxy) is 2. The van der Waals surface area contributed by atoms with Crippen molar-refractivity contribution in [2.45, 2.75) is 69.8 Å². The van der Waals surface area contributed by atoms with Crippen molar-refractivity contribution in [3.8, 4) is 11.4 Å². The number of alkyl carbamates (subject to hydrolysis) is 1. The molecule has 0 bridgehead atoms. The minimum absolute atomic E-state index is 0.0340. The zero-order valence-electron chi connectivity index (χ0n) is 24.4. The van der Waals surface area contributed by atoms with E-state index in [1.165, 1.54) is 15.8 Å². The van der Waals surface area contributed by atoms with Gasteiger partial charge in [0.2, 0.25) is 17.6 Å². The van der Waals surface area contributed by atoms with Crippen LogP contribution < -0.4 is 10.6 Å². The molecular formula is C29H37N7O7. The van der Waals surface area contributed by atoms with Gasteiger partial charge in [-0.15, -0.1) is 16.8 Å². The maximum absolute atomic E-state index is 14.2. The highest BCUT2D eigenvalue weighted by molar-refractivity contribution is 5.96. The van der Waals surface area contributed by atoms with E-state index in [0.29, 0.717) is 18.9 Å². The molecule has 3 fully saturated rings. The summed E-state index contributed by atoms with van der Waals surface area (Å²) in [6, 6.07) is 6.60. The topological polar surface area (TPSA) is 178 Å². The monoisotopic (exact) mass is 595 g/mol. The summed E-state index contributed by atoms with van der Waals surface area (Å²) in [6.45, 7) is 9.85. The van der Waals surface area contributed by atoms with E-state index < -0.39 is 65.0 Å². The van der Waals surface area contributed by atoms with Gasteiger partial charge in [-0.05, 0) is 17.0 Å². The van der Waals surface area contributed by atoms with Crippen molar-refractivity contribution in [1.29, 1.82) is 0 Å². The van der Waals surface area contributed by atoms with Gasteiger partial charge in [0.05, 0.1) is 19.3 Å². The highest BCUT2D eigenvalue weighted by Gasteiger charge is 2.61. The number of carboxylic acids is 1. The van der Waals surface area contributed by atoms with E-state index in [-0.39, 0.29) is 26.0 Å². The summed E-state index contributed by atoms with van der Waals surface area (Å²) in [7, 11) is 0. The Bertz CT molecular complexity index is 1380. The number of hydrogen-bond donors (Lipinski definition) is 3. The largest absolute Gasteiger partial charge is 0.479 e. The molecule has 3 amide bonds. The van der Waals surface area contributed by atoms with Crippen LogP contribution in [-0.2, 0) is 23.9 Å². The molecule has 2 saturated heterocycles. The summed E-state index contributed by atoms with van der Waals surface area (Å²) < 4.78 is 10.7. The number of nitrogens with one attached hydrogen (secondary N) is 2. The number of aliphatic carboxylic acids is 1. The van der Waals surface area contributed by atoms with Crippen LogP contribution >= 0.6 is 0 Å². The molecule has 230 valence electrons. The first-order chi connectivity index (χ1) is 20.4. The summed E-state index contributed by atoms with van der Waals surface area (Å²) in [5.41, 5.74) is -1.49. The van der Waals surface area contributed by atoms with Crippen molar-refractivity contribution in [2.24, 2.45) is 11.3 Å². The molecule has 3 N–H and O–H groups in total. The minimum Gasteiger partial charge on any atom is -0.479 e. The van der Waals surface area contributed by atoms with Crippen LogP contribution in [0.4, 0.5) is 4.79 Å². The second kappa shape index (κ2) is 11.7. The lowest BCUT2D eigenvalue weighted by molar-refractivity contribution is -0.146. The number of benzene rings is 1. The first-order valence-electron chi connectivity index (χ1n) is 14.3. The zero-order chi connectivity index (χ0) is 30.9. The summed E-state index contributed by atoms with van der Waals surface area (Å²) in [6.07, 6.45) is 1.20. The van der Waals surface area contributed by atoms with Crippen LogP contribution in [-0.4, -0.2) is 97.6 Å². The minimum atomic E-state index is -1.48. The molecule has 43 heavy (non-hydrogen) atoms. The van der Waals surface area contributed by atoms with Crippen molar-refractivity contribution in [3.63, 3.8) is 0 Å². The van der Waals surface area contributed by atoms with Gasteiger partial charge < -0.3 is 30.1 Å². The molecule has 2 aromatic rings. The number of carbonyl (C=O) groups is 4. The van der Waals surface area contributed by atoms with Gasteiger partial charge in [0, 0.05) is 30.9 Å². The van der Waals surface area contributed by atoms with Gasteiger partial charge in [0.1, 0.15) is 23.7 Å². The Balaban J connectivity index is 1.40. The summed E-state index contributed by atoms with van der Waals surface area (Å²) in [5.74, 6) is -2.35. The van der Waals surface area contributed by atoms with Gasteiger partial charge in [0.15, 0.2) is 0 Å². The van der Waals surface area contributed by atoms with Crippen LogP contribution in [0.25, 0.3) is 11.4 Å². The van der Waals surface area contributed by atoms with Crippen LogP contribution in [0.2, 0.25) is 0 Å². The lowest BCUT2D eigenvalue weighted by Crippen LogP contribution is -2.59. The summed E-state index contributed by atoms with van der Waals surface area (Å²) in [5, 5.41) is 28.1. The lowest BCUT2D eigenvalue weighted by atomic mass is 9.85. The first kappa shape index (κ1) is 30.1. The molecular weight excluding hydrogens is 558 g/mol. The van der Waals surface area contributed by atoms with Crippen LogP contribution in [0.1, 0.15) is 46.1 Å². The summed E-state index contributed by atoms with van der Waals surface area (Å²) >= 11 is 0. The molecule has 1 aromatic carbocycles. The number of tetrazole rings is 1. The molecule has 1 aromatic heterocycles. The molecule has 2 aliphatic heterocycles. The van der Waals surface area contributed by atoms with E-state index >= 15 is 0 Å². The number of rotatable bonds is 9. The number of likely N-dealkylation sites (tertiary alicyclic amines) is 1. The van der Waals surface area contributed by atoms with E-state index in [9.17, 15) is 24.3 Å². The Kier molecular flexibility index (Phi) is 8.23. The maximum Gasteiger partial charge on any atom is 0.408 e. The summed E-state index contributed by atoms with van der Waals surface area (Å²) in [4.78, 5) is 55.5. The molecule has 0 spiro atoms. The third-order valence-electron chi connectivity index (χ3n) is 8.22. The van der Waals surface area contributed by atoms with Gasteiger partial charge in [-0.3, -0.25) is 9.59 Å². The maximum atomic E-state index is 14.2. The second-order valence-corrected chi connectivity index (χ2v) is 12.3. The third-order valence-corrected chi connectivity index (χ3v) is 8.22. The van der Waals surface area contributed by atoms with Crippen molar-refractivity contribution in [1.82, 2.24) is 35.7 Å². The predicted molar refractivity (Wildman–Crippen MR) is 151 cm³/mol. The Morgan fingerprint density at radius 3 is 2.58 bits per heavy atom. The van der Waals surface area contributed by atoms with Crippen LogP contribution in [0, 0.1) is 11.3 Å². The molecule has 0 radical (unpaired) electrons. The normalized spacial score (nSPS) is 27.3. The van der Waals surface area contributed by atoms with Gasteiger partial charge in [0.25, 0.3) is 0 Å². The molecule has 5 rings (SSSR count). The van der Waals surface area contributed by atoms with E-state index in [2.05, 4.69) is 32.6 Å². The molecule has 14 heteroatoms. The predicted octanol–water partition coefficient (Wildman–Crippen LogP) is 1.56. The van der Waals surface area contributed by atoms with Gasteiger partial charge in [-0.25, -0.2) is 9.59 Å². The van der Waals surface area contributed by atoms with Gasteiger partial charge >= 0.3 is 12.1 Å². The zero-order valence-corrected chi connectivity index (χ0v) is 24.4. The van der Waals surface area contributed by atoms with E-state index in [1.807, 2.05) is 30.3 Å². The van der Waals surface area contributed by atoms with E-state index in [4.69, 9.17) is 9.47 Å². The average molecular weight is 596 g/mol. The number of amides is 3. The molecule has 1 saturated carbocycles. The highest BCUT2D eigenvalue weighted by Crippen LogP contribution is 2.45. The standard InChI is InChI=1S/C29H37N7O7/c1-5-18-14-29(18,26(39)40)31-24(37)21-13-19(36-33-23(32-34-36)17-9-7-6-8-10-17)15-35(21)25(38)22(28(2,3)4)30-27(41)43-20-11-12-42-16-20/h5-10,18-22H,1,11-16H2,2-4H3,(H,30,41)(H,31,37)(H,39,40). The lowest BCUT2D eigenvalue weighted by Gasteiger charge is -2.35. The van der Waals surface area contributed by atoms with Crippen molar-refractivity contribution >= 4 is 23.9 Å². The fraction of sp³-hybridized carbons (Fsp3) is 0.552. The molecule has 3 heterocycles. The molecule has 6 atom stereocenters. The Labute approximate surface area is 248 Å². The molecule has 6 unspecified atom stereocenters. The molecule has 14 nitrogen and oxygen atoms in total. The third kappa shape index (κ3) is 6.24.